The Balaban J connectivity index is 1.94. The van der Waals surface area contributed by atoms with Crippen molar-refractivity contribution < 1.29 is 0 Å². The van der Waals surface area contributed by atoms with E-state index in [-0.39, 0.29) is 0 Å². The van der Waals surface area contributed by atoms with Crippen molar-refractivity contribution in [1.29, 1.82) is 0 Å². The van der Waals surface area contributed by atoms with E-state index in [9.17, 15) is 0 Å². The van der Waals surface area contributed by atoms with Crippen LogP contribution in [-0.4, -0.2) is 22.1 Å². The molecule has 1 aromatic heterocycles. The molecule has 2 aliphatic rings. The molecule has 0 unspecified atom stereocenters. The van der Waals surface area contributed by atoms with Crippen molar-refractivity contribution in [2.24, 2.45) is 0 Å². The van der Waals surface area contributed by atoms with E-state index in [1.165, 1.54) is 36.8 Å². The van der Waals surface area contributed by atoms with Gasteiger partial charge in [0.1, 0.15) is 6.33 Å². The molecule has 1 N–H and O–H groups in total. The SMILES string of the molecule is C1=C(c2cncnc2)[C@H]2CC[C@@H](CC1)N2. The fourth-order valence-corrected chi connectivity index (χ4v) is 2.64. The number of nitrogens with zero attached hydrogens (tertiary/aromatic N) is 2. The van der Waals surface area contributed by atoms with Gasteiger partial charge in [0.25, 0.3) is 0 Å². The summed E-state index contributed by atoms with van der Waals surface area (Å²) in [5, 5.41) is 3.68. The van der Waals surface area contributed by atoms with Gasteiger partial charge in [-0.2, -0.15) is 0 Å². The maximum absolute atomic E-state index is 4.09. The maximum Gasteiger partial charge on any atom is 0.115 e. The van der Waals surface area contributed by atoms with Crippen LogP contribution in [0, 0.1) is 0 Å². The molecule has 0 amide bonds. The van der Waals surface area contributed by atoms with E-state index in [4.69, 9.17) is 0 Å². The summed E-state index contributed by atoms with van der Waals surface area (Å²) in [6.45, 7) is 0. The molecule has 0 saturated carbocycles. The molecule has 3 rings (SSSR count). The minimum Gasteiger partial charge on any atom is -0.307 e. The zero-order valence-corrected chi connectivity index (χ0v) is 8.69. The largest absolute Gasteiger partial charge is 0.307 e. The Morgan fingerprint density at radius 2 is 2.00 bits per heavy atom. The predicted octanol–water partition coefficient (Wildman–Crippen LogP) is 1.77. The lowest BCUT2D eigenvalue weighted by molar-refractivity contribution is 0.559. The van der Waals surface area contributed by atoms with Gasteiger partial charge in [0, 0.05) is 30.0 Å². The van der Waals surface area contributed by atoms with Gasteiger partial charge in [-0.05, 0) is 31.3 Å². The summed E-state index contributed by atoms with van der Waals surface area (Å²) in [4.78, 5) is 8.19. The van der Waals surface area contributed by atoms with Gasteiger partial charge in [0.05, 0.1) is 0 Å². The normalized spacial score (nSPS) is 29.7. The number of aromatic nitrogens is 2. The van der Waals surface area contributed by atoms with Gasteiger partial charge >= 0.3 is 0 Å². The van der Waals surface area contributed by atoms with Crippen molar-refractivity contribution in [3.8, 4) is 0 Å². The monoisotopic (exact) mass is 201 g/mol. The van der Waals surface area contributed by atoms with Gasteiger partial charge in [-0.25, -0.2) is 9.97 Å². The second kappa shape index (κ2) is 3.74. The highest BCUT2D eigenvalue weighted by atomic mass is 15.0. The highest BCUT2D eigenvalue weighted by molar-refractivity contribution is 5.69. The second-order valence-corrected chi connectivity index (χ2v) is 4.36. The van der Waals surface area contributed by atoms with Crippen molar-refractivity contribution in [2.45, 2.75) is 37.8 Å². The third-order valence-corrected chi connectivity index (χ3v) is 3.39. The average Bonchev–Trinajstić information content (AvgIpc) is 2.61. The van der Waals surface area contributed by atoms with Gasteiger partial charge in [-0.3, -0.25) is 0 Å². The summed E-state index contributed by atoms with van der Waals surface area (Å²) in [7, 11) is 0. The lowest BCUT2D eigenvalue weighted by Gasteiger charge is -2.14. The minimum atomic E-state index is 0.531. The molecule has 0 aromatic carbocycles. The molecule has 15 heavy (non-hydrogen) atoms. The molecule has 1 fully saturated rings. The van der Waals surface area contributed by atoms with E-state index in [1.807, 2.05) is 12.4 Å². The summed E-state index contributed by atoms with van der Waals surface area (Å²) in [5.41, 5.74) is 2.58. The number of rotatable bonds is 1. The van der Waals surface area contributed by atoms with Crippen molar-refractivity contribution in [2.75, 3.05) is 0 Å². The fourth-order valence-electron chi connectivity index (χ4n) is 2.64. The van der Waals surface area contributed by atoms with E-state index >= 15 is 0 Å². The Morgan fingerprint density at radius 1 is 1.13 bits per heavy atom. The predicted molar refractivity (Wildman–Crippen MR) is 59.2 cm³/mol. The molecule has 2 bridgehead atoms. The average molecular weight is 201 g/mol. The molecule has 1 aromatic rings. The molecular weight excluding hydrogens is 186 g/mol. The van der Waals surface area contributed by atoms with Gasteiger partial charge in [0.15, 0.2) is 0 Å². The van der Waals surface area contributed by atoms with Crippen molar-refractivity contribution in [3.05, 3.63) is 30.4 Å². The Bertz CT molecular complexity index is 372. The smallest absolute Gasteiger partial charge is 0.115 e. The topological polar surface area (TPSA) is 37.8 Å². The van der Waals surface area contributed by atoms with Crippen molar-refractivity contribution >= 4 is 5.57 Å². The number of hydrogen-bond acceptors (Lipinski definition) is 3. The number of fused-ring (bicyclic) bond motifs is 2. The Morgan fingerprint density at radius 3 is 2.87 bits per heavy atom. The Kier molecular flexibility index (Phi) is 2.25. The summed E-state index contributed by atoms with van der Waals surface area (Å²) in [6.07, 6.45) is 12.8. The molecule has 3 nitrogen and oxygen atoms in total. The van der Waals surface area contributed by atoms with E-state index in [0.29, 0.717) is 6.04 Å². The van der Waals surface area contributed by atoms with Crippen LogP contribution >= 0.6 is 0 Å². The highest BCUT2D eigenvalue weighted by Crippen LogP contribution is 2.31. The molecule has 2 aliphatic heterocycles. The van der Waals surface area contributed by atoms with Crippen LogP contribution in [-0.2, 0) is 0 Å². The van der Waals surface area contributed by atoms with Crippen LogP contribution < -0.4 is 5.32 Å². The number of allylic oxidation sites excluding steroid dienone is 1. The first kappa shape index (κ1) is 9.04. The third-order valence-electron chi connectivity index (χ3n) is 3.39. The highest BCUT2D eigenvalue weighted by Gasteiger charge is 2.28. The van der Waals surface area contributed by atoms with Crippen molar-refractivity contribution in [1.82, 2.24) is 15.3 Å². The molecular formula is C12H15N3. The maximum atomic E-state index is 4.09. The molecule has 1 saturated heterocycles. The summed E-state index contributed by atoms with van der Waals surface area (Å²) in [6, 6.07) is 1.26. The van der Waals surface area contributed by atoms with Crippen LogP contribution in [0.5, 0.6) is 0 Å². The van der Waals surface area contributed by atoms with Crippen LogP contribution in [0.15, 0.2) is 24.8 Å². The van der Waals surface area contributed by atoms with Crippen LogP contribution in [0.2, 0.25) is 0 Å². The molecule has 2 atom stereocenters. The first-order valence-electron chi connectivity index (χ1n) is 5.65. The summed E-state index contributed by atoms with van der Waals surface area (Å²) < 4.78 is 0. The van der Waals surface area contributed by atoms with Crippen LogP contribution in [0.4, 0.5) is 0 Å². The molecule has 0 spiro atoms. The van der Waals surface area contributed by atoms with E-state index in [1.54, 1.807) is 6.33 Å². The standard InChI is InChI=1S/C12H15N3/c1-2-10-4-5-12(15-10)11(3-1)9-6-13-8-14-7-9/h3,6-8,10,12,15H,1-2,4-5H2/t10-,12-/m1/s1. The lowest BCUT2D eigenvalue weighted by Crippen LogP contribution is -2.28. The van der Waals surface area contributed by atoms with Crippen molar-refractivity contribution in [3.63, 3.8) is 0 Å². The summed E-state index contributed by atoms with van der Waals surface area (Å²) >= 11 is 0. The first-order chi connectivity index (χ1) is 7.43. The van der Waals surface area contributed by atoms with Gasteiger partial charge in [-0.1, -0.05) is 6.08 Å². The fraction of sp³-hybridized carbons (Fsp3) is 0.500. The third kappa shape index (κ3) is 1.67. The first-order valence-corrected chi connectivity index (χ1v) is 5.65. The van der Waals surface area contributed by atoms with Crippen LogP contribution in [0.1, 0.15) is 31.2 Å². The van der Waals surface area contributed by atoms with E-state index in [0.717, 1.165) is 6.04 Å². The summed E-state index contributed by atoms with van der Waals surface area (Å²) in [5.74, 6) is 0. The van der Waals surface area contributed by atoms with Crippen LogP contribution in [0.25, 0.3) is 5.57 Å². The van der Waals surface area contributed by atoms with Gasteiger partial charge in [-0.15, -0.1) is 0 Å². The second-order valence-electron chi connectivity index (χ2n) is 4.36. The van der Waals surface area contributed by atoms with Gasteiger partial charge in [0.2, 0.25) is 0 Å². The van der Waals surface area contributed by atoms with E-state index in [2.05, 4.69) is 21.4 Å². The molecule has 3 heteroatoms. The van der Waals surface area contributed by atoms with Crippen LogP contribution in [0.3, 0.4) is 0 Å². The number of nitrogens with one attached hydrogen (secondary N) is 1. The Labute approximate surface area is 89.6 Å². The zero-order chi connectivity index (χ0) is 10.1. The zero-order valence-electron chi connectivity index (χ0n) is 8.69. The number of hydrogen-bond donors (Lipinski definition) is 1. The lowest BCUT2D eigenvalue weighted by atomic mass is 9.96. The molecule has 0 radical (unpaired) electrons. The minimum absolute atomic E-state index is 0.531. The van der Waals surface area contributed by atoms with E-state index < -0.39 is 0 Å². The Hall–Kier alpha value is -1.22. The van der Waals surface area contributed by atoms with Gasteiger partial charge < -0.3 is 5.32 Å². The molecule has 78 valence electrons. The quantitative estimate of drug-likeness (QED) is 0.752. The molecule has 0 aliphatic carbocycles. The molecule has 3 heterocycles.